The predicted octanol–water partition coefficient (Wildman–Crippen LogP) is 0.774. The van der Waals surface area contributed by atoms with Gasteiger partial charge in [-0.05, 0) is 51.0 Å². The highest BCUT2D eigenvalue weighted by Gasteiger charge is 2.45. The summed E-state index contributed by atoms with van der Waals surface area (Å²) in [5.41, 5.74) is 7.22. The fourth-order valence-corrected chi connectivity index (χ4v) is 5.03. The van der Waals surface area contributed by atoms with E-state index in [9.17, 15) is 0 Å². The Bertz CT molecular complexity index is 411. The van der Waals surface area contributed by atoms with Crippen molar-refractivity contribution in [3.63, 3.8) is 0 Å². The average Bonchev–Trinajstić information content (AvgIpc) is 3.19. The van der Waals surface area contributed by atoms with Crippen molar-refractivity contribution in [1.82, 2.24) is 15.8 Å². The Labute approximate surface area is 145 Å². The van der Waals surface area contributed by atoms with Crippen LogP contribution in [0.3, 0.4) is 0 Å². The summed E-state index contributed by atoms with van der Waals surface area (Å²) in [5, 5.41) is 0. The molecule has 0 radical (unpaired) electrons. The van der Waals surface area contributed by atoms with Crippen LogP contribution in [0.15, 0.2) is 0 Å². The molecule has 0 aromatic heterocycles. The fraction of sp³-hybridized carbons (Fsp3) is 1.00. The van der Waals surface area contributed by atoms with Gasteiger partial charge in [0.1, 0.15) is 0 Å². The molecule has 1 saturated carbocycles. The highest BCUT2D eigenvalue weighted by molar-refractivity contribution is 5.00. The zero-order valence-electron chi connectivity index (χ0n) is 14.9. The minimum Gasteiger partial charge on any atom is -0.378 e. The van der Waals surface area contributed by atoms with Crippen molar-refractivity contribution in [2.24, 2.45) is 11.8 Å². The molecule has 2 N–H and O–H groups in total. The third-order valence-corrected chi connectivity index (χ3v) is 6.27. The molecule has 0 spiro atoms. The third-order valence-electron chi connectivity index (χ3n) is 6.27. The Morgan fingerprint density at radius 2 is 1.88 bits per heavy atom. The minimum atomic E-state index is 0.169. The SMILES string of the molecule is C[C@H]1COCCOCCN2CCC(C2)C2NNC3CCC(CC32)O1. The van der Waals surface area contributed by atoms with Crippen molar-refractivity contribution >= 4 is 0 Å². The normalized spacial score (nSPS) is 47.6. The largest absolute Gasteiger partial charge is 0.378 e. The number of fused-ring (bicyclic) bond motifs is 4. The second-order valence-corrected chi connectivity index (χ2v) is 8.00. The van der Waals surface area contributed by atoms with E-state index in [1.54, 1.807) is 0 Å². The molecule has 138 valence electrons. The Morgan fingerprint density at radius 1 is 0.958 bits per heavy atom. The lowest BCUT2D eigenvalue weighted by molar-refractivity contribution is -0.0760. The molecule has 6 nitrogen and oxygen atoms in total. The van der Waals surface area contributed by atoms with Crippen LogP contribution in [0.5, 0.6) is 0 Å². The molecule has 7 atom stereocenters. The van der Waals surface area contributed by atoms with Crippen molar-refractivity contribution < 1.29 is 14.2 Å². The van der Waals surface area contributed by atoms with Gasteiger partial charge < -0.3 is 19.1 Å². The standard InChI is InChI=1S/C18H33N3O3/c1-13-12-23-9-8-22-7-6-21-5-4-14(11-21)18-16-10-15(24-13)2-3-17(16)19-20-18/h13-20H,2-12H2,1H3/t13-,14?,15?,16?,17?,18?/m0/s1. The Morgan fingerprint density at radius 3 is 2.83 bits per heavy atom. The van der Waals surface area contributed by atoms with Gasteiger partial charge in [0.25, 0.3) is 0 Å². The quantitative estimate of drug-likeness (QED) is 0.680. The Kier molecular flexibility index (Phi) is 5.71. The molecule has 4 fully saturated rings. The highest BCUT2D eigenvalue weighted by Crippen LogP contribution is 2.37. The van der Waals surface area contributed by atoms with E-state index < -0.39 is 0 Å². The molecule has 6 unspecified atom stereocenters. The first kappa shape index (κ1) is 17.2. The van der Waals surface area contributed by atoms with Crippen LogP contribution in [0.1, 0.15) is 32.6 Å². The van der Waals surface area contributed by atoms with Gasteiger partial charge in [0.15, 0.2) is 0 Å². The monoisotopic (exact) mass is 339 g/mol. The first-order valence-electron chi connectivity index (χ1n) is 9.84. The lowest BCUT2D eigenvalue weighted by Gasteiger charge is -2.36. The summed E-state index contributed by atoms with van der Waals surface area (Å²) < 4.78 is 17.7. The van der Waals surface area contributed by atoms with Crippen molar-refractivity contribution in [3.05, 3.63) is 0 Å². The first-order valence-corrected chi connectivity index (χ1v) is 9.84. The molecule has 3 heterocycles. The van der Waals surface area contributed by atoms with Gasteiger partial charge in [0.05, 0.1) is 38.6 Å². The molecule has 0 aromatic rings. The average molecular weight is 339 g/mol. The number of hydrogen-bond acceptors (Lipinski definition) is 6. The zero-order chi connectivity index (χ0) is 16.4. The number of hydrogen-bond donors (Lipinski definition) is 2. The Hall–Kier alpha value is -0.240. The van der Waals surface area contributed by atoms with Gasteiger partial charge in [-0.15, -0.1) is 0 Å². The van der Waals surface area contributed by atoms with E-state index in [2.05, 4.69) is 22.7 Å². The summed E-state index contributed by atoms with van der Waals surface area (Å²) in [5.74, 6) is 1.45. The third kappa shape index (κ3) is 3.94. The Balaban J connectivity index is 1.42. The molecular formula is C18H33N3O3. The van der Waals surface area contributed by atoms with Crippen molar-refractivity contribution in [2.75, 3.05) is 46.1 Å². The second-order valence-electron chi connectivity index (χ2n) is 8.00. The van der Waals surface area contributed by atoms with E-state index in [1.165, 1.54) is 32.4 Å². The number of rotatable bonds is 0. The van der Waals surface area contributed by atoms with E-state index in [1.807, 2.05) is 0 Å². The summed E-state index contributed by atoms with van der Waals surface area (Å²) in [6.07, 6.45) is 5.41. The lowest BCUT2D eigenvalue weighted by Crippen LogP contribution is -2.42. The van der Waals surface area contributed by atoms with Gasteiger partial charge in [-0.3, -0.25) is 10.9 Å². The van der Waals surface area contributed by atoms with Crippen molar-refractivity contribution in [3.8, 4) is 0 Å². The van der Waals surface area contributed by atoms with E-state index in [4.69, 9.17) is 14.2 Å². The number of hydrazine groups is 1. The van der Waals surface area contributed by atoms with E-state index in [-0.39, 0.29) is 6.10 Å². The van der Waals surface area contributed by atoms with Gasteiger partial charge in [-0.1, -0.05) is 0 Å². The first-order chi connectivity index (χ1) is 11.8. The predicted molar refractivity (Wildman–Crippen MR) is 91.7 cm³/mol. The minimum absolute atomic E-state index is 0.169. The molecule has 4 bridgehead atoms. The van der Waals surface area contributed by atoms with E-state index in [0.717, 1.165) is 25.5 Å². The summed E-state index contributed by atoms with van der Waals surface area (Å²) in [7, 11) is 0. The maximum Gasteiger partial charge on any atom is 0.0784 e. The van der Waals surface area contributed by atoms with Gasteiger partial charge in [-0.2, -0.15) is 0 Å². The smallest absolute Gasteiger partial charge is 0.0784 e. The van der Waals surface area contributed by atoms with Gasteiger partial charge in [-0.25, -0.2) is 0 Å². The molecule has 0 aromatic carbocycles. The van der Waals surface area contributed by atoms with Crippen molar-refractivity contribution in [2.45, 2.75) is 56.9 Å². The topological polar surface area (TPSA) is 55.0 Å². The molecule has 3 saturated heterocycles. The van der Waals surface area contributed by atoms with Crippen LogP contribution in [0.25, 0.3) is 0 Å². The molecule has 6 heteroatoms. The number of ether oxygens (including phenoxy) is 3. The maximum absolute atomic E-state index is 6.29. The lowest BCUT2D eigenvalue weighted by atomic mass is 9.76. The number of nitrogens with zero attached hydrogens (tertiary/aromatic N) is 1. The van der Waals surface area contributed by atoms with E-state index >= 15 is 0 Å². The van der Waals surface area contributed by atoms with Crippen LogP contribution in [0.2, 0.25) is 0 Å². The summed E-state index contributed by atoms with van der Waals surface area (Å²) in [6, 6.07) is 1.21. The van der Waals surface area contributed by atoms with Gasteiger partial charge in [0.2, 0.25) is 0 Å². The molecule has 0 amide bonds. The zero-order valence-corrected chi connectivity index (χ0v) is 14.9. The fourth-order valence-electron chi connectivity index (χ4n) is 5.03. The molecular weight excluding hydrogens is 306 g/mol. The van der Waals surface area contributed by atoms with Crippen LogP contribution in [-0.2, 0) is 14.2 Å². The van der Waals surface area contributed by atoms with Crippen LogP contribution in [-0.4, -0.2) is 75.3 Å². The van der Waals surface area contributed by atoms with Crippen LogP contribution in [0, 0.1) is 11.8 Å². The number of nitrogens with one attached hydrogen (secondary N) is 2. The van der Waals surface area contributed by atoms with Gasteiger partial charge in [0, 0.05) is 25.2 Å². The molecule has 3 aliphatic heterocycles. The summed E-state index contributed by atoms with van der Waals surface area (Å²) >= 11 is 0. The second kappa shape index (κ2) is 7.98. The summed E-state index contributed by atoms with van der Waals surface area (Å²) in [6.45, 7) is 8.42. The maximum atomic E-state index is 6.29. The summed E-state index contributed by atoms with van der Waals surface area (Å²) in [4.78, 5) is 2.56. The van der Waals surface area contributed by atoms with Crippen LogP contribution < -0.4 is 10.9 Å². The molecule has 4 aliphatic rings. The highest BCUT2D eigenvalue weighted by atomic mass is 16.6. The van der Waals surface area contributed by atoms with E-state index in [0.29, 0.717) is 43.9 Å². The molecule has 4 rings (SSSR count). The molecule has 1 aliphatic carbocycles. The van der Waals surface area contributed by atoms with Crippen LogP contribution >= 0.6 is 0 Å². The van der Waals surface area contributed by atoms with Crippen molar-refractivity contribution in [1.29, 1.82) is 0 Å². The molecule has 24 heavy (non-hydrogen) atoms. The van der Waals surface area contributed by atoms with Gasteiger partial charge >= 0.3 is 0 Å². The van der Waals surface area contributed by atoms with Crippen LogP contribution in [0.4, 0.5) is 0 Å².